The van der Waals surface area contributed by atoms with Gasteiger partial charge in [-0.15, -0.1) is 0 Å². The van der Waals surface area contributed by atoms with Crippen LogP contribution in [0.25, 0.3) is 0 Å². The summed E-state index contributed by atoms with van der Waals surface area (Å²) in [5.74, 6) is 0. The fourth-order valence-corrected chi connectivity index (χ4v) is 1.99. The van der Waals surface area contributed by atoms with E-state index in [2.05, 4.69) is 4.98 Å². The highest BCUT2D eigenvalue weighted by atomic mass is 35.5. The Morgan fingerprint density at radius 2 is 1.47 bits per heavy atom. The van der Waals surface area contributed by atoms with E-state index in [0.29, 0.717) is 10.3 Å². The van der Waals surface area contributed by atoms with Crippen molar-refractivity contribution in [3.8, 4) is 0 Å². The van der Waals surface area contributed by atoms with Gasteiger partial charge in [0.05, 0.1) is 5.60 Å². The van der Waals surface area contributed by atoms with Crippen molar-refractivity contribution in [3.63, 3.8) is 0 Å². The van der Waals surface area contributed by atoms with Crippen LogP contribution in [-0.2, 0) is 5.60 Å². The molecule has 1 aliphatic rings. The number of hydrogen-bond acceptors (Lipinski definition) is 2. The van der Waals surface area contributed by atoms with Crippen molar-refractivity contribution in [2.24, 2.45) is 0 Å². The number of aromatic nitrogens is 1. The molecule has 0 radical (unpaired) electrons. The highest BCUT2D eigenvalue weighted by Crippen LogP contribution is 2.41. The van der Waals surface area contributed by atoms with E-state index in [1.54, 1.807) is 12.1 Å². The number of nitrogens with zero attached hydrogens (tertiary/aromatic N) is 1. The quantitative estimate of drug-likeness (QED) is 0.747. The molecule has 0 atom stereocenters. The van der Waals surface area contributed by atoms with E-state index < -0.39 is 5.60 Å². The monoisotopic (exact) mass is 277 g/mol. The number of rotatable bonds is 1. The van der Waals surface area contributed by atoms with Gasteiger partial charge in [0.15, 0.2) is 0 Å². The maximum absolute atomic E-state index is 9.99. The van der Waals surface area contributed by atoms with Crippen molar-refractivity contribution >= 4 is 23.2 Å². The molecule has 4 heteroatoms. The number of halogens is 2. The first-order chi connectivity index (χ1) is 8.10. The van der Waals surface area contributed by atoms with Crippen LogP contribution >= 0.6 is 23.2 Å². The Labute approximate surface area is 114 Å². The van der Waals surface area contributed by atoms with Crippen molar-refractivity contribution in [3.05, 3.63) is 28.0 Å². The van der Waals surface area contributed by atoms with Gasteiger partial charge in [-0.2, -0.15) is 0 Å². The van der Waals surface area contributed by atoms with E-state index >= 15 is 0 Å². The van der Waals surface area contributed by atoms with Gasteiger partial charge in [-0.3, -0.25) is 0 Å². The molecule has 0 saturated heterocycles. The van der Waals surface area contributed by atoms with Crippen molar-refractivity contribution < 1.29 is 5.11 Å². The molecular formula is C13H21Cl2NO. The molecule has 1 aliphatic carbocycles. The Bertz CT molecular complexity index is 318. The smallest absolute Gasteiger partial charge is 0.131 e. The summed E-state index contributed by atoms with van der Waals surface area (Å²) in [5.41, 5.74) is 0.0692. The van der Waals surface area contributed by atoms with Gasteiger partial charge in [0.25, 0.3) is 0 Å². The van der Waals surface area contributed by atoms with Crippen molar-refractivity contribution in [2.75, 3.05) is 0 Å². The molecule has 0 spiro atoms. The molecule has 0 aromatic carbocycles. The first-order valence-electron chi connectivity index (χ1n) is 6.16. The van der Waals surface area contributed by atoms with Gasteiger partial charge in [-0.1, -0.05) is 50.9 Å². The summed E-state index contributed by atoms with van der Waals surface area (Å²) < 4.78 is 0. The van der Waals surface area contributed by atoms with Gasteiger partial charge >= 0.3 is 0 Å². The maximum atomic E-state index is 9.99. The molecule has 1 N–H and O–H groups in total. The molecule has 17 heavy (non-hydrogen) atoms. The molecule has 1 heterocycles. The summed E-state index contributed by atoms with van der Waals surface area (Å²) in [6, 6.07) is 3.35. The lowest BCUT2D eigenvalue weighted by Gasteiger charge is -2.37. The third-order valence-corrected chi connectivity index (χ3v) is 2.87. The molecular weight excluding hydrogens is 257 g/mol. The zero-order valence-corrected chi connectivity index (χ0v) is 12.4. The van der Waals surface area contributed by atoms with Crippen LogP contribution in [0.3, 0.4) is 0 Å². The molecule has 1 aromatic heterocycles. The number of pyridine rings is 1. The van der Waals surface area contributed by atoms with Gasteiger partial charge < -0.3 is 5.11 Å². The second-order valence-corrected chi connectivity index (χ2v) is 4.16. The second kappa shape index (κ2) is 7.91. The van der Waals surface area contributed by atoms with Crippen LogP contribution in [0, 0.1) is 0 Å². The van der Waals surface area contributed by atoms with E-state index in [1.165, 1.54) is 0 Å². The van der Waals surface area contributed by atoms with E-state index in [1.807, 2.05) is 27.7 Å². The van der Waals surface area contributed by atoms with E-state index in [-0.39, 0.29) is 0 Å². The molecule has 0 aliphatic heterocycles. The molecule has 0 bridgehead atoms. The lowest BCUT2D eigenvalue weighted by atomic mass is 9.75. The van der Waals surface area contributed by atoms with E-state index in [4.69, 9.17) is 23.2 Å². The largest absolute Gasteiger partial charge is 0.385 e. The SMILES string of the molecule is CC.CC.OC1(c2cc(Cl)nc(Cl)c2)CCC1. The Hall–Kier alpha value is -0.310. The normalized spacial score (nSPS) is 15.7. The van der Waals surface area contributed by atoms with Crippen LogP contribution in [0.2, 0.25) is 10.3 Å². The van der Waals surface area contributed by atoms with E-state index in [9.17, 15) is 5.11 Å². The lowest BCUT2D eigenvalue weighted by Crippen LogP contribution is -2.33. The average molecular weight is 278 g/mol. The topological polar surface area (TPSA) is 33.1 Å². The molecule has 0 amide bonds. The molecule has 1 aromatic rings. The van der Waals surface area contributed by atoms with E-state index in [0.717, 1.165) is 24.8 Å². The van der Waals surface area contributed by atoms with Crippen molar-refractivity contribution in [2.45, 2.75) is 52.6 Å². The molecule has 2 nitrogen and oxygen atoms in total. The molecule has 0 unspecified atom stereocenters. The Morgan fingerprint density at radius 3 is 1.76 bits per heavy atom. The summed E-state index contributed by atoms with van der Waals surface area (Å²) in [6.45, 7) is 8.00. The standard InChI is InChI=1S/C9H9Cl2NO.2C2H6/c10-7-4-6(5-8(11)12-7)9(13)2-1-3-9;2*1-2/h4-5,13H,1-3H2;2*1-2H3. The van der Waals surface area contributed by atoms with Crippen LogP contribution in [0.1, 0.15) is 52.5 Å². The summed E-state index contributed by atoms with van der Waals surface area (Å²) >= 11 is 11.5. The molecule has 98 valence electrons. The Kier molecular flexibility index (Phi) is 7.77. The van der Waals surface area contributed by atoms with Crippen LogP contribution in [-0.4, -0.2) is 10.1 Å². The summed E-state index contributed by atoms with van der Waals surface area (Å²) in [7, 11) is 0. The van der Waals surface area contributed by atoms with Gasteiger partial charge in [-0.05, 0) is 37.0 Å². The highest BCUT2D eigenvalue weighted by molar-refractivity contribution is 6.32. The van der Waals surface area contributed by atoms with Crippen LogP contribution < -0.4 is 0 Å². The Morgan fingerprint density at radius 1 is 1.06 bits per heavy atom. The third-order valence-electron chi connectivity index (χ3n) is 2.48. The van der Waals surface area contributed by atoms with Crippen molar-refractivity contribution in [1.82, 2.24) is 4.98 Å². The number of aliphatic hydroxyl groups is 1. The van der Waals surface area contributed by atoms with Crippen molar-refractivity contribution in [1.29, 1.82) is 0 Å². The summed E-state index contributed by atoms with van der Waals surface area (Å²) in [4.78, 5) is 3.83. The molecule has 1 saturated carbocycles. The minimum atomic E-state index is -0.712. The predicted octanol–water partition coefficient (Wildman–Crippen LogP) is 4.81. The minimum Gasteiger partial charge on any atom is -0.385 e. The van der Waals surface area contributed by atoms with Gasteiger partial charge in [0, 0.05) is 0 Å². The van der Waals surface area contributed by atoms with Gasteiger partial charge in [0.1, 0.15) is 10.3 Å². The zero-order chi connectivity index (χ0) is 13.5. The molecule has 2 rings (SSSR count). The highest BCUT2D eigenvalue weighted by Gasteiger charge is 2.36. The minimum absolute atomic E-state index is 0.336. The average Bonchev–Trinajstić information content (AvgIpc) is 2.30. The fourth-order valence-electron chi connectivity index (χ4n) is 1.53. The second-order valence-electron chi connectivity index (χ2n) is 3.39. The van der Waals surface area contributed by atoms with Gasteiger partial charge in [0.2, 0.25) is 0 Å². The third kappa shape index (κ3) is 4.46. The zero-order valence-electron chi connectivity index (χ0n) is 10.9. The first kappa shape index (κ1) is 16.7. The van der Waals surface area contributed by atoms with Crippen LogP contribution in [0.4, 0.5) is 0 Å². The number of hydrogen-bond donors (Lipinski definition) is 1. The van der Waals surface area contributed by atoms with Crippen LogP contribution in [0.15, 0.2) is 12.1 Å². The predicted molar refractivity (Wildman–Crippen MR) is 74.7 cm³/mol. The summed E-state index contributed by atoms with van der Waals surface area (Å²) in [6.07, 6.45) is 2.61. The first-order valence-corrected chi connectivity index (χ1v) is 6.92. The van der Waals surface area contributed by atoms with Gasteiger partial charge in [-0.25, -0.2) is 4.98 Å². The fraction of sp³-hybridized carbons (Fsp3) is 0.615. The summed E-state index contributed by atoms with van der Waals surface area (Å²) in [5, 5.41) is 10.7. The van der Waals surface area contributed by atoms with Crippen LogP contribution in [0.5, 0.6) is 0 Å². The molecule has 1 fully saturated rings. The maximum Gasteiger partial charge on any atom is 0.131 e. The lowest BCUT2D eigenvalue weighted by molar-refractivity contribution is -0.0388. The Balaban J connectivity index is 0.000000581.